The summed E-state index contributed by atoms with van der Waals surface area (Å²) in [7, 11) is 2.10. The van der Waals surface area contributed by atoms with Crippen LogP contribution in [0.1, 0.15) is 31.3 Å². The van der Waals surface area contributed by atoms with Crippen LogP contribution in [0.25, 0.3) is 0 Å². The van der Waals surface area contributed by atoms with Gasteiger partial charge in [-0.3, -0.25) is 9.88 Å². The Morgan fingerprint density at radius 2 is 2.06 bits per heavy atom. The molecule has 0 aliphatic carbocycles. The van der Waals surface area contributed by atoms with Crippen LogP contribution >= 0.6 is 0 Å². The first-order chi connectivity index (χ1) is 8.72. The van der Waals surface area contributed by atoms with Gasteiger partial charge in [0.05, 0.1) is 6.54 Å². The van der Waals surface area contributed by atoms with Crippen molar-refractivity contribution < 1.29 is 0 Å². The third kappa shape index (κ3) is 2.73. The van der Waals surface area contributed by atoms with Crippen molar-refractivity contribution in [3.63, 3.8) is 0 Å². The molecule has 1 unspecified atom stereocenters. The van der Waals surface area contributed by atoms with Crippen molar-refractivity contribution in [2.75, 3.05) is 7.05 Å². The van der Waals surface area contributed by atoms with E-state index >= 15 is 0 Å². The minimum atomic E-state index is 0.329. The molecule has 0 saturated carbocycles. The molecule has 0 amide bonds. The van der Waals surface area contributed by atoms with Gasteiger partial charge in [0.1, 0.15) is 12.2 Å². The van der Waals surface area contributed by atoms with E-state index in [1.54, 1.807) is 6.33 Å². The van der Waals surface area contributed by atoms with E-state index in [1.165, 1.54) is 5.56 Å². The quantitative estimate of drug-likeness (QED) is 0.807. The molecular weight excluding hydrogens is 226 g/mol. The highest BCUT2D eigenvalue weighted by molar-refractivity contribution is 5.14. The van der Waals surface area contributed by atoms with Crippen LogP contribution in [0.5, 0.6) is 0 Å². The van der Waals surface area contributed by atoms with Crippen LogP contribution in [-0.4, -0.2) is 31.7 Å². The molecule has 2 aromatic heterocycles. The predicted octanol–water partition coefficient (Wildman–Crippen LogP) is 1.89. The van der Waals surface area contributed by atoms with Gasteiger partial charge >= 0.3 is 0 Å². The van der Waals surface area contributed by atoms with E-state index in [2.05, 4.69) is 40.9 Å². The van der Waals surface area contributed by atoms with Gasteiger partial charge in [-0.15, -0.1) is 0 Å². The van der Waals surface area contributed by atoms with Crippen molar-refractivity contribution >= 4 is 0 Å². The van der Waals surface area contributed by atoms with Crippen LogP contribution in [0.15, 0.2) is 30.9 Å². The molecule has 2 heterocycles. The smallest absolute Gasteiger partial charge is 0.141 e. The number of nitrogens with zero attached hydrogens (tertiary/aromatic N) is 5. The summed E-state index contributed by atoms with van der Waals surface area (Å²) in [5, 5.41) is 4.19. The summed E-state index contributed by atoms with van der Waals surface area (Å²) in [6.45, 7) is 5.90. The molecule has 0 radical (unpaired) electrons. The molecule has 1 atom stereocenters. The van der Waals surface area contributed by atoms with Crippen LogP contribution in [-0.2, 0) is 13.1 Å². The molecule has 5 nitrogen and oxygen atoms in total. The van der Waals surface area contributed by atoms with Gasteiger partial charge in [-0.25, -0.2) is 9.67 Å². The number of aryl methyl sites for hydroxylation is 1. The SMILES string of the molecule is CCn1ncnc1CN(C)C(C)c1ccncc1. The predicted molar refractivity (Wildman–Crippen MR) is 69.8 cm³/mol. The zero-order valence-electron chi connectivity index (χ0n) is 11.1. The average molecular weight is 245 g/mol. The molecule has 2 rings (SSSR count). The second-order valence-corrected chi connectivity index (χ2v) is 4.36. The van der Waals surface area contributed by atoms with E-state index in [9.17, 15) is 0 Å². The maximum absolute atomic E-state index is 4.30. The van der Waals surface area contributed by atoms with Gasteiger partial charge in [0.15, 0.2) is 0 Å². The minimum absolute atomic E-state index is 0.329. The van der Waals surface area contributed by atoms with Gasteiger partial charge in [-0.1, -0.05) is 0 Å². The molecule has 96 valence electrons. The second kappa shape index (κ2) is 5.73. The summed E-state index contributed by atoms with van der Waals surface area (Å²) in [6.07, 6.45) is 5.27. The van der Waals surface area contributed by atoms with Crippen molar-refractivity contribution in [2.24, 2.45) is 0 Å². The van der Waals surface area contributed by atoms with Crippen LogP contribution in [0.3, 0.4) is 0 Å². The fourth-order valence-corrected chi connectivity index (χ4v) is 1.93. The third-order valence-corrected chi connectivity index (χ3v) is 3.24. The standard InChI is InChI=1S/C13H19N5/c1-4-18-13(15-10-16-18)9-17(3)11(2)12-5-7-14-8-6-12/h5-8,10-11H,4,9H2,1-3H3. The van der Waals surface area contributed by atoms with Crippen LogP contribution in [0.4, 0.5) is 0 Å². The molecule has 0 saturated heterocycles. The first-order valence-corrected chi connectivity index (χ1v) is 6.19. The normalized spacial score (nSPS) is 12.9. The topological polar surface area (TPSA) is 46.8 Å². The van der Waals surface area contributed by atoms with Crippen molar-refractivity contribution in [3.8, 4) is 0 Å². The molecule has 0 aliphatic heterocycles. The lowest BCUT2D eigenvalue weighted by Gasteiger charge is -2.24. The highest BCUT2D eigenvalue weighted by Crippen LogP contribution is 2.19. The molecule has 18 heavy (non-hydrogen) atoms. The van der Waals surface area contributed by atoms with Gasteiger partial charge in [-0.05, 0) is 38.6 Å². The molecule has 0 aromatic carbocycles. The van der Waals surface area contributed by atoms with E-state index in [0.29, 0.717) is 6.04 Å². The molecule has 0 N–H and O–H groups in total. The van der Waals surface area contributed by atoms with Gasteiger partial charge in [-0.2, -0.15) is 5.10 Å². The molecular formula is C13H19N5. The Balaban J connectivity index is 2.06. The molecule has 0 fully saturated rings. The Kier molecular flexibility index (Phi) is 4.04. The highest BCUT2D eigenvalue weighted by Gasteiger charge is 2.14. The summed E-state index contributed by atoms with van der Waals surface area (Å²) < 4.78 is 1.93. The zero-order valence-corrected chi connectivity index (χ0v) is 11.1. The van der Waals surface area contributed by atoms with Crippen molar-refractivity contribution in [3.05, 3.63) is 42.2 Å². The summed E-state index contributed by atoms with van der Waals surface area (Å²) in [5.41, 5.74) is 1.26. The largest absolute Gasteiger partial charge is 0.292 e. The molecule has 0 spiro atoms. The van der Waals surface area contributed by atoms with E-state index in [-0.39, 0.29) is 0 Å². The van der Waals surface area contributed by atoms with E-state index < -0.39 is 0 Å². The number of hydrogen-bond acceptors (Lipinski definition) is 4. The Labute approximate surface area is 107 Å². The Hall–Kier alpha value is -1.75. The number of aromatic nitrogens is 4. The first kappa shape index (κ1) is 12.7. The third-order valence-electron chi connectivity index (χ3n) is 3.24. The fraction of sp³-hybridized carbons (Fsp3) is 0.462. The number of rotatable bonds is 5. The van der Waals surface area contributed by atoms with Crippen LogP contribution in [0, 0.1) is 0 Å². The van der Waals surface area contributed by atoms with Crippen molar-refractivity contribution in [1.82, 2.24) is 24.6 Å². The summed E-state index contributed by atoms with van der Waals surface area (Å²) >= 11 is 0. The monoisotopic (exact) mass is 245 g/mol. The van der Waals surface area contributed by atoms with E-state index in [0.717, 1.165) is 18.9 Å². The number of hydrogen-bond donors (Lipinski definition) is 0. The molecule has 0 aliphatic rings. The maximum Gasteiger partial charge on any atom is 0.141 e. The molecule has 2 aromatic rings. The van der Waals surface area contributed by atoms with Crippen molar-refractivity contribution in [1.29, 1.82) is 0 Å². The van der Waals surface area contributed by atoms with E-state index in [1.807, 2.05) is 29.2 Å². The lowest BCUT2D eigenvalue weighted by atomic mass is 10.1. The van der Waals surface area contributed by atoms with Crippen LogP contribution < -0.4 is 0 Å². The maximum atomic E-state index is 4.30. The Bertz CT molecular complexity index is 479. The van der Waals surface area contributed by atoms with Gasteiger partial charge in [0.25, 0.3) is 0 Å². The Morgan fingerprint density at radius 3 is 2.72 bits per heavy atom. The molecule has 0 bridgehead atoms. The Morgan fingerprint density at radius 1 is 1.33 bits per heavy atom. The average Bonchev–Trinajstić information content (AvgIpc) is 2.86. The lowest BCUT2D eigenvalue weighted by Crippen LogP contribution is -2.24. The fourth-order valence-electron chi connectivity index (χ4n) is 1.93. The van der Waals surface area contributed by atoms with Gasteiger partial charge in [0, 0.05) is 25.0 Å². The van der Waals surface area contributed by atoms with Crippen molar-refractivity contribution in [2.45, 2.75) is 33.0 Å². The summed E-state index contributed by atoms with van der Waals surface area (Å²) in [6, 6.07) is 4.42. The zero-order chi connectivity index (χ0) is 13.0. The van der Waals surface area contributed by atoms with Gasteiger partial charge in [0.2, 0.25) is 0 Å². The van der Waals surface area contributed by atoms with Crippen LogP contribution in [0.2, 0.25) is 0 Å². The second-order valence-electron chi connectivity index (χ2n) is 4.36. The highest BCUT2D eigenvalue weighted by atomic mass is 15.3. The number of pyridine rings is 1. The first-order valence-electron chi connectivity index (χ1n) is 6.19. The minimum Gasteiger partial charge on any atom is -0.292 e. The van der Waals surface area contributed by atoms with Gasteiger partial charge < -0.3 is 0 Å². The molecule has 5 heteroatoms. The van der Waals surface area contributed by atoms with E-state index in [4.69, 9.17) is 0 Å². The summed E-state index contributed by atoms with van der Waals surface area (Å²) in [4.78, 5) is 10.6. The summed E-state index contributed by atoms with van der Waals surface area (Å²) in [5.74, 6) is 1.00. The lowest BCUT2D eigenvalue weighted by molar-refractivity contribution is 0.242.